The number of hydrogen-bond donors (Lipinski definition) is 2. The molecule has 2 N–H and O–H groups in total. The highest BCUT2D eigenvalue weighted by molar-refractivity contribution is 5.37. The molecule has 0 bridgehead atoms. The van der Waals surface area contributed by atoms with Crippen LogP contribution in [0.4, 0.5) is 0 Å². The van der Waals surface area contributed by atoms with Crippen LogP contribution in [-0.4, -0.2) is 37.5 Å². The van der Waals surface area contributed by atoms with Crippen molar-refractivity contribution in [2.75, 3.05) is 26.3 Å². The summed E-state index contributed by atoms with van der Waals surface area (Å²) in [6, 6.07) is 17.7. The first kappa shape index (κ1) is 17.0. The van der Waals surface area contributed by atoms with E-state index in [2.05, 4.69) is 5.32 Å². The minimum Gasteiger partial charge on any atom is -0.494 e. The lowest BCUT2D eigenvalue weighted by atomic mass is 9.81. The maximum absolute atomic E-state index is 11.6. The first-order valence-corrected chi connectivity index (χ1v) is 8.55. The van der Waals surface area contributed by atoms with Crippen LogP contribution in [0.2, 0.25) is 0 Å². The van der Waals surface area contributed by atoms with Crippen molar-refractivity contribution in [2.24, 2.45) is 0 Å². The summed E-state index contributed by atoms with van der Waals surface area (Å²) in [5.41, 5.74) is 0.742. The Bertz CT molecular complexity index is 640. The van der Waals surface area contributed by atoms with Gasteiger partial charge in [-0.1, -0.05) is 48.5 Å². The lowest BCUT2D eigenvalue weighted by Gasteiger charge is -2.39. The third-order valence-electron chi connectivity index (χ3n) is 4.47. The Hall–Kier alpha value is -1.88. The molecule has 0 amide bonds. The van der Waals surface area contributed by atoms with Gasteiger partial charge in [0.15, 0.2) is 0 Å². The van der Waals surface area contributed by atoms with Crippen LogP contribution in [0.3, 0.4) is 0 Å². The van der Waals surface area contributed by atoms with Crippen LogP contribution in [-0.2, 0) is 16.8 Å². The average Bonchev–Trinajstić information content (AvgIpc) is 2.65. The van der Waals surface area contributed by atoms with Gasteiger partial charge in [0.05, 0.1) is 13.2 Å². The highest BCUT2D eigenvalue weighted by Gasteiger charge is 2.41. The third-order valence-corrected chi connectivity index (χ3v) is 4.47. The van der Waals surface area contributed by atoms with Crippen molar-refractivity contribution in [1.29, 1.82) is 0 Å². The van der Waals surface area contributed by atoms with Crippen molar-refractivity contribution in [3.05, 3.63) is 65.7 Å². The standard InChI is InChI=1S/C20H25NO3/c1-2-23-18-11-7-6-8-16(18)14-20(22,17-9-4-3-5-10-17)19-15-21-12-13-24-19/h3-11,19,21-22H,2,12-15H2,1H3/t19-,20?/m0/s1. The van der Waals surface area contributed by atoms with Crippen molar-refractivity contribution in [3.8, 4) is 5.75 Å². The number of hydrogen-bond acceptors (Lipinski definition) is 4. The second-order valence-corrected chi connectivity index (χ2v) is 6.07. The molecule has 4 nitrogen and oxygen atoms in total. The van der Waals surface area contributed by atoms with E-state index in [9.17, 15) is 5.11 Å². The first-order valence-electron chi connectivity index (χ1n) is 8.55. The predicted octanol–water partition coefficient (Wildman–Crippen LogP) is 2.50. The van der Waals surface area contributed by atoms with Gasteiger partial charge >= 0.3 is 0 Å². The fourth-order valence-electron chi connectivity index (χ4n) is 3.24. The molecule has 4 heteroatoms. The van der Waals surface area contributed by atoms with E-state index < -0.39 is 5.60 Å². The van der Waals surface area contributed by atoms with Gasteiger partial charge in [0.25, 0.3) is 0 Å². The van der Waals surface area contributed by atoms with E-state index >= 15 is 0 Å². The number of rotatable bonds is 6. The average molecular weight is 327 g/mol. The van der Waals surface area contributed by atoms with E-state index in [4.69, 9.17) is 9.47 Å². The fourth-order valence-corrected chi connectivity index (χ4v) is 3.24. The summed E-state index contributed by atoms with van der Waals surface area (Å²) in [4.78, 5) is 0. The number of para-hydroxylation sites is 1. The summed E-state index contributed by atoms with van der Waals surface area (Å²) in [5, 5.41) is 15.0. The van der Waals surface area contributed by atoms with Crippen LogP contribution in [0.5, 0.6) is 5.75 Å². The minimum atomic E-state index is -1.11. The van der Waals surface area contributed by atoms with Gasteiger partial charge in [0, 0.05) is 19.5 Å². The monoisotopic (exact) mass is 327 g/mol. The second-order valence-electron chi connectivity index (χ2n) is 6.07. The van der Waals surface area contributed by atoms with E-state index in [-0.39, 0.29) is 6.10 Å². The van der Waals surface area contributed by atoms with E-state index in [0.29, 0.717) is 26.2 Å². The predicted molar refractivity (Wildman–Crippen MR) is 94.3 cm³/mol. The Balaban J connectivity index is 1.96. The van der Waals surface area contributed by atoms with Gasteiger partial charge in [-0.2, -0.15) is 0 Å². The molecule has 0 aromatic heterocycles. The summed E-state index contributed by atoms with van der Waals surface area (Å²) in [7, 11) is 0. The lowest BCUT2D eigenvalue weighted by Crippen LogP contribution is -2.52. The van der Waals surface area contributed by atoms with Gasteiger partial charge < -0.3 is 19.9 Å². The molecular formula is C20H25NO3. The van der Waals surface area contributed by atoms with Gasteiger partial charge in [-0.05, 0) is 24.1 Å². The number of ether oxygens (including phenoxy) is 2. The molecule has 2 aromatic carbocycles. The Kier molecular flexibility index (Phi) is 5.51. The summed E-state index contributed by atoms with van der Waals surface area (Å²) in [5.74, 6) is 0.818. The van der Waals surface area contributed by atoms with E-state index in [1.165, 1.54) is 0 Å². The third kappa shape index (κ3) is 3.61. The van der Waals surface area contributed by atoms with Crippen LogP contribution in [0.25, 0.3) is 0 Å². The van der Waals surface area contributed by atoms with Crippen LogP contribution in [0.1, 0.15) is 18.1 Å². The van der Waals surface area contributed by atoms with Gasteiger partial charge in [-0.15, -0.1) is 0 Å². The number of nitrogens with one attached hydrogen (secondary N) is 1. The second kappa shape index (κ2) is 7.79. The summed E-state index contributed by atoms with van der Waals surface area (Å²) >= 11 is 0. The Morgan fingerprint density at radius 3 is 2.62 bits per heavy atom. The van der Waals surface area contributed by atoms with E-state index in [0.717, 1.165) is 23.4 Å². The van der Waals surface area contributed by atoms with E-state index in [1.807, 2.05) is 61.5 Å². The highest BCUT2D eigenvalue weighted by atomic mass is 16.5. The van der Waals surface area contributed by atoms with Crippen molar-refractivity contribution in [1.82, 2.24) is 5.32 Å². The summed E-state index contributed by atoms with van der Waals surface area (Å²) in [6.07, 6.45) is 0.142. The summed E-state index contributed by atoms with van der Waals surface area (Å²) < 4.78 is 11.7. The maximum atomic E-state index is 11.6. The van der Waals surface area contributed by atoms with Gasteiger partial charge in [0.1, 0.15) is 17.5 Å². The molecule has 2 aromatic rings. The van der Waals surface area contributed by atoms with Crippen LogP contribution in [0, 0.1) is 0 Å². The zero-order valence-electron chi connectivity index (χ0n) is 14.1. The molecule has 1 heterocycles. The fraction of sp³-hybridized carbons (Fsp3) is 0.400. The maximum Gasteiger partial charge on any atom is 0.122 e. The van der Waals surface area contributed by atoms with Crippen molar-refractivity contribution >= 4 is 0 Å². The topological polar surface area (TPSA) is 50.7 Å². The van der Waals surface area contributed by atoms with E-state index in [1.54, 1.807) is 0 Å². The molecule has 1 fully saturated rings. The van der Waals surface area contributed by atoms with Crippen molar-refractivity contribution in [2.45, 2.75) is 25.0 Å². The van der Waals surface area contributed by atoms with Gasteiger partial charge in [-0.3, -0.25) is 0 Å². The molecule has 1 unspecified atom stereocenters. The van der Waals surface area contributed by atoms with Crippen LogP contribution >= 0.6 is 0 Å². The molecule has 1 aliphatic heterocycles. The molecule has 1 saturated heterocycles. The first-order chi connectivity index (χ1) is 11.7. The smallest absolute Gasteiger partial charge is 0.122 e. The molecule has 0 saturated carbocycles. The quantitative estimate of drug-likeness (QED) is 0.856. The lowest BCUT2D eigenvalue weighted by molar-refractivity contribution is -0.124. The Morgan fingerprint density at radius 1 is 1.17 bits per heavy atom. The normalized spacial score (nSPS) is 20.3. The number of benzene rings is 2. The zero-order chi connectivity index (χ0) is 16.8. The number of morpholine rings is 1. The molecule has 128 valence electrons. The summed E-state index contributed by atoms with van der Waals surface area (Å²) in [6.45, 7) is 4.61. The Labute approximate surface area is 143 Å². The zero-order valence-corrected chi connectivity index (χ0v) is 14.1. The highest BCUT2D eigenvalue weighted by Crippen LogP contribution is 2.34. The largest absolute Gasteiger partial charge is 0.494 e. The molecule has 0 radical (unpaired) electrons. The SMILES string of the molecule is CCOc1ccccc1CC(O)(c1ccccc1)[C@@H]1CNCCO1. The minimum absolute atomic E-state index is 0.302. The number of aliphatic hydroxyl groups is 1. The van der Waals surface area contributed by atoms with Crippen LogP contribution in [0.15, 0.2) is 54.6 Å². The van der Waals surface area contributed by atoms with Crippen LogP contribution < -0.4 is 10.1 Å². The molecule has 3 rings (SSSR count). The van der Waals surface area contributed by atoms with Gasteiger partial charge in [-0.25, -0.2) is 0 Å². The van der Waals surface area contributed by atoms with Crippen molar-refractivity contribution < 1.29 is 14.6 Å². The van der Waals surface area contributed by atoms with Crippen molar-refractivity contribution in [3.63, 3.8) is 0 Å². The molecular weight excluding hydrogens is 302 g/mol. The molecule has 1 aliphatic rings. The molecule has 24 heavy (non-hydrogen) atoms. The molecule has 2 atom stereocenters. The molecule has 0 spiro atoms. The Morgan fingerprint density at radius 2 is 1.92 bits per heavy atom. The van der Waals surface area contributed by atoms with Gasteiger partial charge in [0.2, 0.25) is 0 Å². The molecule has 0 aliphatic carbocycles.